The molecule has 1 aliphatic rings. The van der Waals surface area contributed by atoms with Crippen LogP contribution < -0.4 is 0 Å². The Balaban J connectivity index is 2.33. The van der Waals surface area contributed by atoms with Gasteiger partial charge in [-0.05, 0) is 18.2 Å². The molecular weight excluding hydrogens is 334 g/mol. The maximum Gasteiger partial charge on any atom is 0.255 e. The van der Waals surface area contributed by atoms with Gasteiger partial charge < -0.3 is 10.0 Å². The molecule has 1 amide bonds. The number of benzene rings is 1. The Morgan fingerprint density at radius 1 is 1.52 bits per heavy atom. The van der Waals surface area contributed by atoms with Crippen LogP contribution >= 0.6 is 23.4 Å². The number of hydrogen-bond acceptors (Lipinski definition) is 5. The quantitative estimate of drug-likeness (QED) is 0.903. The van der Waals surface area contributed by atoms with Gasteiger partial charge in [-0.3, -0.25) is 4.79 Å². The molecule has 0 spiro atoms. The molecule has 1 aliphatic heterocycles. The van der Waals surface area contributed by atoms with Crippen molar-refractivity contribution in [1.29, 1.82) is 0 Å². The van der Waals surface area contributed by atoms with Crippen LogP contribution in [0.5, 0.6) is 5.75 Å². The van der Waals surface area contributed by atoms with Crippen molar-refractivity contribution in [2.24, 2.45) is 0 Å². The Morgan fingerprint density at radius 2 is 2.24 bits per heavy atom. The van der Waals surface area contributed by atoms with Gasteiger partial charge in [0, 0.05) is 29.4 Å². The summed E-state index contributed by atoms with van der Waals surface area (Å²) in [4.78, 5) is 13.9. The van der Waals surface area contributed by atoms with Crippen LogP contribution in [0.1, 0.15) is 17.3 Å². The average molecular weight is 350 g/mol. The van der Waals surface area contributed by atoms with Crippen LogP contribution in [0.25, 0.3) is 0 Å². The molecule has 21 heavy (non-hydrogen) atoms. The van der Waals surface area contributed by atoms with Gasteiger partial charge in [-0.1, -0.05) is 18.5 Å². The lowest BCUT2D eigenvalue weighted by Crippen LogP contribution is -2.50. The van der Waals surface area contributed by atoms with Crippen LogP contribution in [0.15, 0.2) is 18.2 Å². The molecule has 0 bridgehead atoms. The Morgan fingerprint density at radius 3 is 2.86 bits per heavy atom. The summed E-state index contributed by atoms with van der Waals surface area (Å²) < 4.78 is 24.3. The fourth-order valence-electron chi connectivity index (χ4n) is 2.11. The van der Waals surface area contributed by atoms with E-state index >= 15 is 0 Å². The fraction of sp³-hybridized carbons (Fsp3) is 0.462. The zero-order valence-electron chi connectivity index (χ0n) is 11.5. The van der Waals surface area contributed by atoms with Crippen LogP contribution in [0.4, 0.5) is 0 Å². The first-order valence-corrected chi connectivity index (χ1v) is 9.70. The normalized spacial score (nSPS) is 19.5. The number of thioether (sulfide) groups is 1. The molecule has 1 heterocycles. The number of nitrogens with zero attached hydrogens (tertiary/aromatic N) is 1. The number of carbonyl (C=O) groups excluding carboxylic acids is 1. The summed E-state index contributed by atoms with van der Waals surface area (Å²) in [5.41, 5.74) is 0.279. The number of phenolic OH excluding ortho intramolecular Hbond substituents is 1. The standard InChI is InChI=1S/C13H16ClNO4S2/c1-2-21(18,19)12-8-20-6-5-15(12)13(17)9-3-4-11(16)10(14)7-9/h3-4,7,12,16H,2,5-6,8H2,1H3. The first-order valence-electron chi connectivity index (χ1n) is 6.45. The number of amides is 1. The monoisotopic (exact) mass is 349 g/mol. The Kier molecular flexibility index (Phi) is 5.06. The van der Waals surface area contributed by atoms with Gasteiger partial charge >= 0.3 is 0 Å². The Bertz CT molecular complexity index is 648. The van der Waals surface area contributed by atoms with Crippen LogP contribution in [-0.2, 0) is 9.84 Å². The molecule has 0 saturated carbocycles. The summed E-state index contributed by atoms with van der Waals surface area (Å²) in [5, 5.41) is 8.67. The fourth-order valence-corrected chi connectivity index (χ4v) is 5.26. The van der Waals surface area contributed by atoms with E-state index < -0.39 is 15.2 Å². The van der Waals surface area contributed by atoms with E-state index in [4.69, 9.17) is 11.6 Å². The van der Waals surface area contributed by atoms with E-state index in [9.17, 15) is 18.3 Å². The summed E-state index contributed by atoms with van der Waals surface area (Å²) in [6.07, 6.45) is 0. The highest BCUT2D eigenvalue weighted by atomic mass is 35.5. The van der Waals surface area contributed by atoms with Crippen molar-refractivity contribution < 1.29 is 18.3 Å². The predicted octanol–water partition coefficient (Wildman–Crippen LogP) is 2.00. The van der Waals surface area contributed by atoms with Crippen LogP contribution in [0.2, 0.25) is 5.02 Å². The number of aromatic hydroxyl groups is 1. The molecule has 8 heteroatoms. The van der Waals surface area contributed by atoms with Crippen molar-refractivity contribution >= 4 is 39.1 Å². The summed E-state index contributed by atoms with van der Waals surface area (Å²) >= 11 is 7.34. The van der Waals surface area contributed by atoms with Crippen molar-refractivity contribution in [3.63, 3.8) is 0 Å². The van der Waals surface area contributed by atoms with Crippen LogP contribution in [0, 0.1) is 0 Å². The number of carbonyl (C=O) groups is 1. The maximum absolute atomic E-state index is 12.5. The van der Waals surface area contributed by atoms with E-state index in [0.717, 1.165) is 0 Å². The molecule has 1 fully saturated rings. The van der Waals surface area contributed by atoms with E-state index in [1.807, 2.05) is 0 Å². The molecule has 0 aliphatic carbocycles. The van der Waals surface area contributed by atoms with Gasteiger partial charge in [-0.25, -0.2) is 8.42 Å². The van der Waals surface area contributed by atoms with Crippen LogP contribution in [-0.4, -0.2) is 53.5 Å². The van der Waals surface area contributed by atoms with Gasteiger partial charge in [-0.15, -0.1) is 0 Å². The minimum atomic E-state index is -3.34. The number of phenols is 1. The lowest BCUT2D eigenvalue weighted by Gasteiger charge is -2.34. The molecule has 1 N–H and O–H groups in total. The molecule has 1 saturated heterocycles. The second-order valence-corrected chi connectivity index (χ2v) is 8.65. The summed E-state index contributed by atoms with van der Waals surface area (Å²) in [7, 11) is -3.34. The molecule has 0 radical (unpaired) electrons. The second kappa shape index (κ2) is 6.46. The second-order valence-electron chi connectivity index (χ2n) is 4.65. The van der Waals surface area contributed by atoms with Gasteiger partial charge in [0.05, 0.1) is 5.02 Å². The molecule has 5 nitrogen and oxygen atoms in total. The average Bonchev–Trinajstić information content (AvgIpc) is 2.49. The number of hydrogen-bond donors (Lipinski definition) is 1. The lowest BCUT2D eigenvalue weighted by molar-refractivity contribution is 0.0749. The SMILES string of the molecule is CCS(=O)(=O)C1CSCCN1C(=O)c1ccc(O)c(Cl)c1. The summed E-state index contributed by atoms with van der Waals surface area (Å²) in [6, 6.07) is 4.13. The highest BCUT2D eigenvalue weighted by Gasteiger charge is 2.36. The van der Waals surface area contributed by atoms with Gasteiger partial charge in [0.25, 0.3) is 5.91 Å². The third-order valence-corrected chi connectivity index (χ3v) is 6.95. The van der Waals surface area contributed by atoms with Crippen molar-refractivity contribution in [3.8, 4) is 5.75 Å². The molecule has 1 atom stereocenters. The smallest absolute Gasteiger partial charge is 0.255 e. The van der Waals surface area contributed by atoms with E-state index in [0.29, 0.717) is 18.1 Å². The zero-order chi connectivity index (χ0) is 15.6. The number of rotatable bonds is 3. The molecular formula is C13H16ClNO4S2. The largest absolute Gasteiger partial charge is 0.506 e. The van der Waals surface area contributed by atoms with Gasteiger partial charge in [0.15, 0.2) is 9.84 Å². The van der Waals surface area contributed by atoms with Crippen molar-refractivity contribution in [2.75, 3.05) is 23.8 Å². The summed E-state index contributed by atoms with van der Waals surface area (Å²) in [6.45, 7) is 1.96. The highest BCUT2D eigenvalue weighted by molar-refractivity contribution is 8.01. The first kappa shape index (κ1) is 16.5. The van der Waals surface area contributed by atoms with E-state index in [1.165, 1.54) is 34.9 Å². The van der Waals surface area contributed by atoms with E-state index in [1.54, 1.807) is 6.92 Å². The minimum absolute atomic E-state index is 0.00165. The van der Waals surface area contributed by atoms with Crippen molar-refractivity contribution in [3.05, 3.63) is 28.8 Å². The zero-order valence-corrected chi connectivity index (χ0v) is 13.8. The molecule has 2 rings (SSSR count). The van der Waals surface area contributed by atoms with Gasteiger partial charge in [0.1, 0.15) is 11.1 Å². The summed E-state index contributed by atoms with van der Waals surface area (Å²) in [5.74, 6) is 0.596. The van der Waals surface area contributed by atoms with Crippen molar-refractivity contribution in [1.82, 2.24) is 4.90 Å². The molecule has 116 valence electrons. The topological polar surface area (TPSA) is 74.7 Å². The third kappa shape index (κ3) is 3.46. The van der Waals surface area contributed by atoms with Gasteiger partial charge in [0.2, 0.25) is 0 Å². The van der Waals surface area contributed by atoms with Gasteiger partial charge in [-0.2, -0.15) is 11.8 Å². The third-order valence-electron chi connectivity index (χ3n) is 3.36. The van der Waals surface area contributed by atoms with Crippen molar-refractivity contribution in [2.45, 2.75) is 12.3 Å². The van der Waals surface area contributed by atoms with E-state index in [-0.39, 0.29) is 28.0 Å². The van der Waals surface area contributed by atoms with E-state index in [2.05, 4.69) is 0 Å². The predicted molar refractivity (Wildman–Crippen MR) is 84.7 cm³/mol. The molecule has 1 aromatic carbocycles. The van der Waals surface area contributed by atoms with Crippen LogP contribution in [0.3, 0.4) is 0 Å². The minimum Gasteiger partial charge on any atom is -0.506 e. The molecule has 0 aromatic heterocycles. The maximum atomic E-state index is 12.5. The molecule has 1 unspecified atom stereocenters. The lowest BCUT2D eigenvalue weighted by atomic mass is 10.2. The number of halogens is 1. The Hall–Kier alpha value is -0.920. The molecule has 1 aromatic rings. The highest BCUT2D eigenvalue weighted by Crippen LogP contribution is 2.27. The Labute approximate surface area is 133 Å². The first-order chi connectivity index (χ1) is 9.86. The number of sulfone groups is 1.